The molecule has 1 aliphatic rings. The van der Waals surface area contributed by atoms with Gasteiger partial charge in [0.1, 0.15) is 11.6 Å². The Morgan fingerprint density at radius 2 is 1.88 bits per heavy atom. The topological polar surface area (TPSA) is 88.3 Å². The van der Waals surface area contributed by atoms with Gasteiger partial charge in [0.15, 0.2) is 5.82 Å². The number of morpholine rings is 1. The third-order valence-electron chi connectivity index (χ3n) is 5.77. The molecule has 0 spiro atoms. The number of nitrogens with zero attached hydrogens (tertiary/aromatic N) is 4. The van der Waals surface area contributed by atoms with E-state index in [-0.39, 0.29) is 0 Å². The first kappa shape index (κ1) is 22.4. The molecule has 0 saturated carbocycles. The van der Waals surface area contributed by atoms with Gasteiger partial charge >= 0.3 is 0 Å². The van der Waals surface area contributed by atoms with Gasteiger partial charge in [0, 0.05) is 43.9 Å². The van der Waals surface area contributed by atoms with Crippen molar-refractivity contribution in [3.63, 3.8) is 0 Å². The lowest BCUT2D eigenvalue weighted by Crippen LogP contribution is -2.37. The monoisotopic (exact) mass is 436 g/mol. The fourth-order valence-corrected chi connectivity index (χ4v) is 4.05. The van der Waals surface area contributed by atoms with Crippen LogP contribution in [0.15, 0.2) is 28.8 Å². The van der Waals surface area contributed by atoms with Gasteiger partial charge in [-0.25, -0.2) is 9.97 Å². The highest BCUT2D eigenvalue weighted by molar-refractivity contribution is 5.74. The van der Waals surface area contributed by atoms with E-state index in [1.165, 1.54) is 5.56 Å². The van der Waals surface area contributed by atoms with E-state index in [1.807, 2.05) is 20.9 Å². The fourth-order valence-electron chi connectivity index (χ4n) is 4.05. The van der Waals surface area contributed by atoms with Gasteiger partial charge in [-0.3, -0.25) is 0 Å². The van der Waals surface area contributed by atoms with Crippen LogP contribution in [-0.4, -0.2) is 61.6 Å². The Hall–Kier alpha value is -2.81. The van der Waals surface area contributed by atoms with Crippen LogP contribution in [0.1, 0.15) is 22.6 Å². The molecular formula is C24H32N6O2. The van der Waals surface area contributed by atoms with E-state index in [1.54, 1.807) is 0 Å². The summed E-state index contributed by atoms with van der Waals surface area (Å²) < 4.78 is 11.0. The van der Waals surface area contributed by atoms with Gasteiger partial charge in [-0.15, -0.1) is 0 Å². The zero-order valence-electron chi connectivity index (χ0n) is 19.4. The molecule has 0 unspecified atom stereocenters. The Balaban J connectivity index is 1.76. The number of anilines is 1. The molecule has 0 bridgehead atoms. The maximum Gasteiger partial charge on any atom is 0.162 e. The number of benzene rings is 1. The molecule has 8 nitrogen and oxygen atoms in total. The molecule has 1 aliphatic heterocycles. The molecule has 32 heavy (non-hydrogen) atoms. The Kier molecular flexibility index (Phi) is 7.14. The summed E-state index contributed by atoms with van der Waals surface area (Å²) in [7, 11) is 1.96. The number of hydrogen-bond acceptors (Lipinski definition) is 8. The normalized spacial score (nSPS) is 14.2. The molecular weight excluding hydrogens is 404 g/mol. The van der Waals surface area contributed by atoms with Crippen LogP contribution < -0.4 is 15.5 Å². The lowest BCUT2D eigenvalue weighted by Gasteiger charge is -2.30. The van der Waals surface area contributed by atoms with Gasteiger partial charge in [0.25, 0.3) is 0 Å². The molecule has 0 aliphatic carbocycles. The quantitative estimate of drug-likeness (QED) is 0.521. The minimum absolute atomic E-state index is 0.702. The van der Waals surface area contributed by atoms with Crippen LogP contribution >= 0.6 is 0 Å². The molecule has 2 N–H and O–H groups in total. The lowest BCUT2D eigenvalue weighted by molar-refractivity contribution is 0.122. The van der Waals surface area contributed by atoms with Crippen molar-refractivity contribution in [3.8, 4) is 22.6 Å². The molecule has 4 rings (SSSR count). The van der Waals surface area contributed by atoms with Gasteiger partial charge in [0.2, 0.25) is 0 Å². The third kappa shape index (κ3) is 4.82. The Labute approximate surface area is 189 Å². The van der Waals surface area contributed by atoms with E-state index in [0.717, 1.165) is 72.4 Å². The van der Waals surface area contributed by atoms with E-state index in [9.17, 15) is 0 Å². The van der Waals surface area contributed by atoms with E-state index < -0.39 is 0 Å². The molecule has 0 amide bonds. The number of nitrogens with one attached hydrogen (secondary N) is 2. The van der Waals surface area contributed by atoms with Crippen LogP contribution in [0.2, 0.25) is 0 Å². The standard InChI is InChI=1S/C24H32N6O2/c1-16-22(21-17(2)29-32-18(21)3)27-23(28-24(16)30-10-12-31-13-11-30)20-7-5-6-19(14-20)15-26-9-8-25-4/h5-7,14,25-26H,8-13,15H2,1-4H3. The van der Waals surface area contributed by atoms with Crippen molar-refractivity contribution in [2.45, 2.75) is 27.3 Å². The van der Waals surface area contributed by atoms with E-state index >= 15 is 0 Å². The number of ether oxygens (including phenoxy) is 1. The fraction of sp³-hybridized carbons (Fsp3) is 0.458. The Bertz CT molecular complexity index is 1040. The van der Waals surface area contributed by atoms with Crippen LogP contribution in [0, 0.1) is 20.8 Å². The minimum Gasteiger partial charge on any atom is -0.378 e. The van der Waals surface area contributed by atoms with Crippen LogP contribution in [0.4, 0.5) is 5.82 Å². The maximum absolute atomic E-state index is 5.57. The molecule has 3 aromatic rings. The highest BCUT2D eigenvalue weighted by Gasteiger charge is 2.23. The molecule has 1 saturated heterocycles. The minimum atomic E-state index is 0.702. The molecule has 1 fully saturated rings. The smallest absolute Gasteiger partial charge is 0.162 e. The van der Waals surface area contributed by atoms with Crippen molar-refractivity contribution >= 4 is 5.82 Å². The summed E-state index contributed by atoms with van der Waals surface area (Å²) in [5.41, 5.74) is 5.91. The summed E-state index contributed by atoms with van der Waals surface area (Å²) >= 11 is 0. The zero-order valence-corrected chi connectivity index (χ0v) is 19.4. The molecule has 8 heteroatoms. The average Bonchev–Trinajstić information content (AvgIpc) is 3.15. The molecule has 2 aromatic heterocycles. The summed E-state index contributed by atoms with van der Waals surface area (Å²) in [6, 6.07) is 8.43. The predicted octanol–water partition coefficient (Wildman–Crippen LogP) is 2.87. The SMILES string of the molecule is CNCCNCc1cccc(-c2nc(-c3c(C)noc3C)c(C)c(N3CCOCC3)n2)c1. The van der Waals surface area contributed by atoms with Crippen LogP contribution in [0.25, 0.3) is 22.6 Å². The van der Waals surface area contributed by atoms with Crippen molar-refractivity contribution in [1.82, 2.24) is 25.8 Å². The lowest BCUT2D eigenvalue weighted by atomic mass is 10.0. The predicted molar refractivity (Wildman–Crippen MR) is 126 cm³/mol. The van der Waals surface area contributed by atoms with E-state index in [0.29, 0.717) is 19.0 Å². The van der Waals surface area contributed by atoms with E-state index in [4.69, 9.17) is 19.2 Å². The number of aromatic nitrogens is 3. The van der Waals surface area contributed by atoms with Gasteiger partial charge in [-0.1, -0.05) is 23.4 Å². The highest BCUT2D eigenvalue weighted by Crippen LogP contribution is 2.34. The van der Waals surface area contributed by atoms with Crippen LogP contribution in [0.5, 0.6) is 0 Å². The number of rotatable bonds is 8. The second kappa shape index (κ2) is 10.2. The van der Waals surface area contributed by atoms with Crippen molar-refractivity contribution in [3.05, 3.63) is 46.8 Å². The van der Waals surface area contributed by atoms with Gasteiger partial charge in [0.05, 0.1) is 30.2 Å². The number of likely N-dealkylation sites (N-methyl/N-ethyl adjacent to an activating group) is 1. The molecule has 0 atom stereocenters. The second-order valence-electron chi connectivity index (χ2n) is 8.12. The third-order valence-corrected chi connectivity index (χ3v) is 5.77. The van der Waals surface area contributed by atoms with Crippen LogP contribution in [0.3, 0.4) is 0 Å². The first-order chi connectivity index (χ1) is 15.6. The zero-order chi connectivity index (χ0) is 22.5. The summed E-state index contributed by atoms with van der Waals surface area (Å²) in [5, 5.41) is 10.8. The first-order valence-corrected chi connectivity index (χ1v) is 11.2. The Morgan fingerprint density at radius 3 is 2.59 bits per heavy atom. The largest absolute Gasteiger partial charge is 0.378 e. The number of hydrogen-bond donors (Lipinski definition) is 2. The number of aryl methyl sites for hydroxylation is 2. The van der Waals surface area contributed by atoms with Crippen molar-refractivity contribution < 1.29 is 9.26 Å². The highest BCUT2D eigenvalue weighted by atomic mass is 16.5. The molecule has 3 heterocycles. The summed E-state index contributed by atoms with van der Waals surface area (Å²) in [6.07, 6.45) is 0. The molecule has 0 radical (unpaired) electrons. The van der Waals surface area contributed by atoms with Crippen molar-refractivity contribution in [2.24, 2.45) is 0 Å². The average molecular weight is 437 g/mol. The van der Waals surface area contributed by atoms with Gasteiger partial charge in [-0.05, 0) is 39.4 Å². The van der Waals surface area contributed by atoms with Crippen molar-refractivity contribution in [1.29, 1.82) is 0 Å². The first-order valence-electron chi connectivity index (χ1n) is 11.2. The van der Waals surface area contributed by atoms with E-state index in [2.05, 4.69) is 51.9 Å². The van der Waals surface area contributed by atoms with Crippen LogP contribution in [-0.2, 0) is 11.3 Å². The molecule has 170 valence electrons. The van der Waals surface area contributed by atoms with Gasteiger partial charge in [-0.2, -0.15) is 0 Å². The summed E-state index contributed by atoms with van der Waals surface area (Å²) in [6.45, 7) is 11.7. The second-order valence-corrected chi connectivity index (χ2v) is 8.12. The van der Waals surface area contributed by atoms with Gasteiger partial charge < -0.3 is 24.8 Å². The Morgan fingerprint density at radius 1 is 1.06 bits per heavy atom. The summed E-state index contributed by atoms with van der Waals surface area (Å²) in [5.74, 6) is 2.43. The summed E-state index contributed by atoms with van der Waals surface area (Å²) in [4.78, 5) is 12.3. The molecule has 1 aromatic carbocycles. The van der Waals surface area contributed by atoms with Crippen molar-refractivity contribution in [2.75, 3.05) is 51.3 Å². The maximum atomic E-state index is 5.57.